The lowest BCUT2D eigenvalue weighted by atomic mass is 9.67. The summed E-state index contributed by atoms with van der Waals surface area (Å²) in [5, 5.41) is 9.02. The molecule has 134 valence electrons. The van der Waals surface area contributed by atoms with E-state index in [1.165, 1.54) is 22.3 Å². The van der Waals surface area contributed by atoms with Gasteiger partial charge in [-0.3, -0.25) is 0 Å². The number of hydrogen-bond acceptors (Lipinski definition) is 1. The first-order valence-electron chi connectivity index (χ1n) is 8.98. The number of carboxylic acid groups (broad SMARTS) is 1. The summed E-state index contributed by atoms with van der Waals surface area (Å²) < 4.78 is 0. The van der Waals surface area contributed by atoms with Crippen molar-refractivity contribution in [1.29, 1.82) is 0 Å². The van der Waals surface area contributed by atoms with E-state index in [1.807, 2.05) is 12.1 Å². The van der Waals surface area contributed by atoms with Crippen molar-refractivity contribution in [2.75, 3.05) is 0 Å². The largest absolute Gasteiger partial charge is 0.478 e. The molecule has 26 heavy (non-hydrogen) atoms. The highest BCUT2D eigenvalue weighted by atomic mass is 16.4. The molecule has 0 aliphatic heterocycles. The zero-order chi connectivity index (χ0) is 19.1. The van der Waals surface area contributed by atoms with Gasteiger partial charge in [0.2, 0.25) is 0 Å². The lowest BCUT2D eigenvalue weighted by molar-refractivity contribution is 0.0697. The Morgan fingerprint density at radius 2 is 1.38 bits per heavy atom. The second kappa shape index (κ2) is 6.28. The fourth-order valence-electron chi connectivity index (χ4n) is 3.54. The van der Waals surface area contributed by atoms with Crippen LogP contribution in [0.2, 0.25) is 0 Å². The van der Waals surface area contributed by atoms with Gasteiger partial charge in [-0.2, -0.15) is 0 Å². The molecule has 2 aromatic carbocycles. The summed E-state index contributed by atoms with van der Waals surface area (Å²) in [5.74, 6) is -0.898. The number of carbonyl (C=O) groups is 1. The summed E-state index contributed by atoms with van der Waals surface area (Å²) in [5.41, 5.74) is 6.50. The SMILES string of the molecule is C/C(=C\c1ccc(C(=O)O)cc1)c1ccc2c(c1)C(C)(C)C=CC2(C)C. The van der Waals surface area contributed by atoms with E-state index >= 15 is 0 Å². The van der Waals surface area contributed by atoms with E-state index in [2.05, 4.69) is 71.0 Å². The first kappa shape index (κ1) is 18.2. The maximum absolute atomic E-state index is 11.0. The van der Waals surface area contributed by atoms with Gasteiger partial charge in [0.25, 0.3) is 0 Å². The third-order valence-electron chi connectivity index (χ3n) is 5.32. The summed E-state index contributed by atoms with van der Waals surface area (Å²) in [6.07, 6.45) is 6.72. The van der Waals surface area contributed by atoms with E-state index in [0.717, 1.165) is 5.56 Å². The molecule has 2 heteroatoms. The van der Waals surface area contributed by atoms with E-state index in [1.54, 1.807) is 12.1 Å². The van der Waals surface area contributed by atoms with Crippen LogP contribution in [0.5, 0.6) is 0 Å². The third-order valence-corrected chi connectivity index (χ3v) is 5.32. The summed E-state index contributed by atoms with van der Waals surface area (Å²) in [4.78, 5) is 11.0. The lowest BCUT2D eigenvalue weighted by Gasteiger charge is -2.37. The molecule has 1 N–H and O–H groups in total. The zero-order valence-electron chi connectivity index (χ0n) is 16.1. The van der Waals surface area contributed by atoms with Gasteiger partial charge in [-0.1, -0.05) is 76.3 Å². The van der Waals surface area contributed by atoms with Crippen molar-refractivity contribution in [3.05, 3.63) is 82.4 Å². The van der Waals surface area contributed by atoms with Crippen LogP contribution in [-0.2, 0) is 10.8 Å². The molecule has 1 aliphatic carbocycles. The molecular formula is C24H26O2. The molecule has 3 rings (SSSR count). The highest BCUT2D eigenvalue weighted by Crippen LogP contribution is 2.42. The highest BCUT2D eigenvalue weighted by Gasteiger charge is 2.32. The third kappa shape index (κ3) is 3.37. The predicted molar refractivity (Wildman–Crippen MR) is 109 cm³/mol. The van der Waals surface area contributed by atoms with Gasteiger partial charge in [-0.05, 0) is 46.9 Å². The smallest absolute Gasteiger partial charge is 0.335 e. The fraction of sp³-hybridized carbons (Fsp3) is 0.292. The molecule has 0 fully saturated rings. The Labute approximate surface area is 155 Å². The minimum Gasteiger partial charge on any atom is -0.478 e. The van der Waals surface area contributed by atoms with E-state index in [-0.39, 0.29) is 10.8 Å². The van der Waals surface area contributed by atoms with Crippen LogP contribution in [0.4, 0.5) is 0 Å². The number of aromatic carboxylic acids is 1. The number of carboxylic acids is 1. The first-order chi connectivity index (χ1) is 12.1. The molecule has 0 atom stereocenters. The first-order valence-corrected chi connectivity index (χ1v) is 8.98. The Hall–Kier alpha value is -2.61. The van der Waals surface area contributed by atoms with Crippen LogP contribution in [-0.4, -0.2) is 11.1 Å². The average molecular weight is 346 g/mol. The summed E-state index contributed by atoms with van der Waals surface area (Å²) in [7, 11) is 0. The average Bonchev–Trinajstić information content (AvgIpc) is 2.59. The van der Waals surface area contributed by atoms with Crippen molar-refractivity contribution in [2.45, 2.75) is 45.4 Å². The van der Waals surface area contributed by atoms with Crippen molar-refractivity contribution in [1.82, 2.24) is 0 Å². The van der Waals surface area contributed by atoms with Gasteiger partial charge in [-0.25, -0.2) is 4.79 Å². The number of fused-ring (bicyclic) bond motifs is 1. The number of benzene rings is 2. The Bertz CT molecular complexity index is 910. The minimum atomic E-state index is -0.898. The molecule has 2 aromatic rings. The maximum atomic E-state index is 11.0. The summed E-state index contributed by atoms with van der Waals surface area (Å²) in [6, 6.07) is 13.7. The molecule has 0 bridgehead atoms. The molecule has 2 nitrogen and oxygen atoms in total. The van der Waals surface area contributed by atoms with E-state index in [4.69, 9.17) is 5.11 Å². The second-order valence-corrected chi connectivity index (χ2v) is 8.29. The van der Waals surface area contributed by atoms with E-state index < -0.39 is 5.97 Å². The Morgan fingerprint density at radius 1 is 0.846 bits per heavy atom. The Kier molecular flexibility index (Phi) is 4.39. The summed E-state index contributed by atoms with van der Waals surface area (Å²) in [6.45, 7) is 11.1. The van der Waals surface area contributed by atoms with Crippen molar-refractivity contribution in [3.8, 4) is 0 Å². The van der Waals surface area contributed by atoms with Crippen LogP contribution >= 0.6 is 0 Å². The quantitative estimate of drug-likeness (QED) is 0.541. The molecular weight excluding hydrogens is 320 g/mol. The van der Waals surface area contributed by atoms with Gasteiger partial charge < -0.3 is 5.11 Å². The topological polar surface area (TPSA) is 37.3 Å². The number of allylic oxidation sites excluding steroid dienone is 3. The van der Waals surface area contributed by atoms with Crippen LogP contribution in [0, 0.1) is 0 Å². The lowest BCUT2D eigenvalue weighted by Crippen LogP contribution is -2.29. The van der Waals surface area contributed by atoms with Gasteiger partial charge in [0.05, 0.1) is 5.56 Å². The van der Waals surface area contributed by atoms with Crippen molar-refractivity contribution in [3.63, 3.8) is 0 Å². The predicted octanol–water partition coefficient (Wildman–Crippen LogP) is 6.07. The second-order valence-electron chi connectivity index (χ2n) is 8.29. The monoisotopic (exact) mass is 346 g/mol. The van der Waals surface area contributed by atoms with Crippen LogP contribution < -0.4 is 0 Å². The van der Waals surface area contributed by atoms with Gasteiger partial charge in [-0.15, -0.1) is 0 Å². The van der Waals surface area contributed by atoms with Crippen molar-refractivity contribution in [2.24, 2.45) is 0 Å². The normalized spacial score (nSPS) is 17.7. The van der Waals surface area contributed by atoms with Crippen LogP contribution in [0.25, 0.3) is 11.6 Å². The standard InChI is InChI=1S/C24H26O2/c1-16(14-17-6-8-18(9-7-17)22(25)26)19-10-11-20-21(15-19)24(4,5)13-12-23(20,2)3/h6-15H,1-5H3,(H,25,26)/b16-14+. The summed E-state index contributed by atoms with van der Waals surface area (Å²) >= 11 is 0. The molecule has 0 saturated heterocycles. The van der Waals surface area contributed by atoms with Crippen LogP contribution in [0.3, 0.4) is 0 Å². The molecule has 0 aromatic heterocycles. The minimum absolute atomic E-state index is 0.0181. The Morgan fingerprint density at radius 3 is 1.96 bits per heavy atom. The fourth-order valence-corrected chi connectivity index (χ4v) is 3.54. The highest BCUT2D eigenvalue weighted by molar-refractivity contribution is 5.88. The van der Waals surface area contributed by atoms with Crippen molar-refractivity contribution < 1.29 is 9.90 Å². The van der Waals surface area contributed by atoms with Crippen molar-refractivity contribution >= 4 is 17.6 Å². The number of rotatable bonds is 3. The maximum Gasteiger partial charge on any atom is 0.335 e. The van der Waals surface area contributed by atoms with Gasteiger partial charge in [0.15, 0.2) is 0 Å². The molecule has 1 aliphatic rings. The molecule has 0 heterocycles. The molecule has 0 amide bonds. The molecule has 0 spiro atoms. The van der Waals surface area contributed by atoms with E-state index in [9.17, 15) is 4.79 Å². The van der Waals surface area contributed by atoms with Gasteiger partial charge >= 0.3 is 5.97 Å². The molecule has 0 unspecified atom stereocenters. The van der Waals surface area contributed by atoms with Crippen LogP contribution in [0.1, 0.15) is 67.2 Å². The Balaban J connectivity index is 1.99. The van der Waals surface area contributed by atoms with Crippen LogP contribution in [0.15, 0.2) is 54.6 Å². The van der Waals surface area contributed by atoms with E-state index in [0.29, 0.717) is 5.56 Å². The molecule has 0 saturated carbocycles. The van der Waals surface area contributed by atoms with Gasteiger partial charge in [0, 0.05) is 10.8 Å². The number of hydrogen-bond donors (Lipinski definition) is 1. The molecule has 0 radical (unpaired) electrons. The zero-order valence-corrected chi connectivity index (χ0v) is 16.1. The van der Waals surface area contributed by atoms with Gasteiger partial charge in [0.1, 0.15) is 0 Å².